The molecule has 1 fully saturated rings. The second kappa shape index (κ2) is 7.38. The van der Waals surface area contributed by atoms with Crippen LogP contribution in [0.4, 0.5) is 0 Å². The molecule has 0 saturated heterocycles. The van der Waals surface area contributed by atoms with E-state index in [1.807, 2.05) is 19.1 Å². The quantitative estimate of drug-likeness (QED) is 0.809. The van der Waals surface area contributed by atoms with Gasteiger partial charge in [0.1, 0.15) is 0 Å². The Morgan fingerprint density at radius 2 is 1.81 bits per heavy atom. The third-order valence-electron chi connectivity index (χ3n) is 6.23. The Morgan fingerprint density at radius 1 is 1.04 bits per heavy atom. The fraction of sp³-hybridized carbons (Fsp3) is 0.455. The highest BCUT2D eigenvalue weighted by atomic mass is 32.2. The lowest BCUT2D eigenvalue weighted by atomic mass is 9.98. The van der Waals surface area contributed by atoms with Gasteiger partial charge < -0.3 is 0 Å². The van der Waals surface area contributed by atoms with E-state index in [1.54, 1.807) is 23.5 Å². The summed E-state index contributed by atoms with van der Waals surface area (Å²) in [6.45, 7) is 3.99. The minimum absolute atomic E-state index is 0.0812. The van der Waals surface area contributed by atoms with Crippen LogP contribution in [0.15, 0.2) is 53.4 Å². The predicted octanol–water partition coefficient (Wildman–Crippen LogP) is 3.59. The first kappa shape index (κ1) is 18.7. The van der Waals surface area contributed by atoms with E-state index in [1.165, 1.54) is 11.1 Å². The van der Waals surface area contributed by atoms with Crippen LogP contribution < -0.4 is 0 Å². The average Bonchev–Trinajstić information content (AvgIpc) is 3.17. The van der Waals surface area contributed by atoms with Crippen LogP contribution >= 0.6 is 0 Å². The SMILES string of the molecule is Cc1cccc(S(=O)(=O)N(C)[C@@H]2CC[C@@H](N3CCc4ccccc4C3)C2)c1. The van der Waals surface area contributed by atoms with Crippen molar-refractivity contribution < 1.29 is 8.42 Å². The van der Waals surface area contributed by atoms with Gasteiger partial charge in [0.2, 0.25) is 10.0 Å². The van der Waals surface area contributed by atoms with Crippen LogP contribution in [0, 0.1) is 6.92 Å². The molecule has 4 nitrogen and oxygen atoms in total. The minimum atomic E-state index is -3.43. The predicted molar refractivity (Wildman–Crippen MR) is 108 cm³/mol. The highest BCUT2D eigenvalue weighted by Gasteiger charge is 2.37. The smallest absolute Gasteiger partial charge is 0.243 e. The maximum Gasteiger partial charge on any atom is 0.243 e. The van der Waals surface area contributed by atoms with Crippen LogP contribution in [-0.4, -0.2) is 43.3 Å². The Kier molecular flexibility index (Phi) is 5.10. The molecule has 0 amide bonds. The van der Waals surface area contributed by atoms with Gasteiger partial charge >= 0.3 is 0 Å². The molecular formula is C22H28N2O2S. The molecule has 1 aliphatic carbocycles. The third kappa shape index (κ3) is 3.68. The molecule has 1 heterocycles. The fourth-order valence-electron chi connectivity index (χ4n) is 4.56. The highest BCUT2D eigenvalue weighted by molar-refractivity contribution is 7.89. The van der Waals surface area contributed by atoms with Crippen LogP contribution in [-0.2, 0) is 23.0 Å². The zero-order chi connectivity index (χ0) is 19.0. The van der Waals surface area contributed by atoms with Crippen molar-refractivity contribution in [1.29, 1.82) is 0 Å². The molecule has 1 aliphatic heterocycles. The van der Waals surface area contributed by atoms with Gasteiger partial charge in [-0.3, -0.25) is 4.90 Å². The van der Waals surface area contributed by atoms with E-state index in [0.29, 0.717) is 10.9 Å². The first-order valence-electron chi connectivity index (χ1n) is 9.80. The number of rotatable bonds is 4. The number of hydrogen-bond donors (Lipinski definition) is 0. The lowest BCUT2D eigenvalue weighted by molar-refractivity contribution is 0.175. The molecule has 2 aromatic carbocycles. The van der Waals surface area contributed by atoms with Gasteiger partial charge in [0, 0.05) is 32.2 Å². The normalized spacial score (nSPS) is 23.5. The summed E-state index contributed by atoms with van der Waals surface area (Å²) < 4.78 is 27.7. The van der Waals surface area contributed by atoms with E-state index in [0.717, 1.165) is 44.3 Å². The zero-order valence-corrected chi connectivity index (χ0v) is 17.0. The first-order chi connectivity index (χ1) is 12.9. The van der Waals surface area contributed by atoms with Gasteiger partial charge in [0.15, 0.2) is 0 Å². The van der Waals surface area contributed by atoms with Gasteiger partial charge in [-0.2, -0.15) is 4.31 Å². The molecule has 0 aromatic heterocycles. The number of hydrogen-bond acceptors (Lipinski definition) is 3. The van der Waals surface area contributed by atoms with Crippen molar-refractivity contribution in [3.05, 3.63) is 65.2 Å². The summed E-state index contributed by atoms with van der Waals surface area (Å²) in [7, 11) is -1.69. The maximum absolute atomic E-state index is 13.0. The van der Waals surface area contributed by atoms with E-state index in [9.17, 15) is 8.42 Å². The zero-order valence-electron chi connectivity index (χ0n) is 16.1. The molecule has 0 radical (unpaired) electrons. The van der Waals surface area contributed by atoms with Crippen molar-refractivity contribution in [1.82, 2.24) is 9.21 Å². The van der Waals surface area contributed by atoms with E-state index in [-0.39, 0.29) is 6.04 Å². The molecule has 2 aliphatic rings. The fourth-order valence-corrected chi connectivity index (χ4v) is 6.07. The Morgan fingerprint density at radius 3 is 2.59 bits per heavy atom. The number of aryl methyl sites for hydroxylation is 1. The van der Waals surface area contributed by atoms with Crippen LogP contribution in [0.2, 0.25) is 0 Å². The Bertz CT molecular complexity index is 925. The van der Waals surface area contributed by atoms with Crippen molar-refractivity contribution >= 4 is 10.0 Å². The minimum Gasteiger partial charge on any atom is -0.296 e. The van der Waals surface area contributed by atoms with Gasteiger partial charge in [-0.05, 0) is 61.4 Å². The molecule has 0 unspecified atom stereocenters. The summed E-state index contributed by atoms with van der Waals surface area (Å²) in [6, 6.07) is 16.4. The van der Waals surface area contributed by atoms with E-state index >= 15 is 0 Å². The number of nitrogens with zero attached hydrogens (tertiary/aromatic N) is 2. The molecule has 2 aromatic rings. The lowest BCUT2D eigenvalue weighted by Crippen LogP contribution is -2.40. The van der Waals surface area contributed by atoms with Crippen molar-refractivity contribution in [3.8, 4) is 0 Å². The number of fused-ring (bicyclic) bond motifs is 1. The summed E-state index contributed by atoms with van der Waals surface area (Å²) in [5.41, 5.74) is 3.86. The maximum atomic E-state index is 13.0. The van der Waals surface area contributed by atoms with Gasteiger partial charge in [-0.15, -0.1) is 0 Å². The summed E-state index contributed by atoms with van der Waals surface area (Å²) in [6.07, 6.45) is 4.02. The summed E-state index contributed by atoms with van der Waals surface area (Å²) in [4.78, 5) is 2.95. The Hall–Kier alpha value is -1.69. The van der Waals surface area contributed by atoms with Crippen molar-refractivity contribution in [2.45, 2.75) is 56.1 Å². The monoisotopic (exact) mass is 384 g/mol. The third-order valence-corrected chi connectivity index (χ3v) is 8.14. The van der Waals surface area contributed by atoms with Crippen LogP contribution in [0.5, 0.6) is 0 Å². The largest absolute Gasteiger partial charge is 0.296 e. The topological polar surface area (TPSA) is 40.6 Å². The first-order valence-corrected chi connectivity index (χ1v) is 11.2. The van der Waals surface area contributed by atoms with Crippen molar-refractivity contribution in [2.24, 2.45) is 0 Å². The van der Waals surface area contributed by atoms with Gasteiger partial charge in [0.05, 0.1) is 4.90 Å². The second-order valence-corrected chi connectivity index (χ2v) is 9.95. The van der Waals surface area contributed by atoms with Gasteiger partial charge in [-0.1, -0.05) is 36.4 Å². The molecule has 0 bridgehead atoms. The van der Waals surface area contributed by atoms with E-state index < -0.39 is 10.0 Å². The molecule has 27 heavy (non-hydrogen) atoms. The van der Waals surface area contributed by atoms with Crippen LogP contribution in [0.3, 0.4) is 0 Å². The molecular weight excluding hydrogens is 356 g/mol. The van der Waals surface area contributed by atoms with Gasteiger partial charge in [0.25, 0.3) is 0 Å². The van der Waals surface area contributed by atoms with Crippen LogP contribution in [0.1, 0.15) is 36.0 Å². The average molecular weight is 385 g/mol. The number of sulfonamides is 1. The van der Waals surface area contributed by atoms with E-state index in [4.69, 9.17) is 0 Å². The number of benzene rings is 2. The molecule has 5 heteroatoms. The summed E-state index contributed by atoms with van der Waals surface area (Å²) >= 11 is 0. The Labute approximate surface area is 162 Å². The van der Waals surface area contributed by atoms with Crippen molar-refractivity contribution in [3.63, 3.8) is 0 Å². The second-order valence-electron chi connectivity index (χ2n) is 7.95. The summed E-state index contributed by atoms with van der Waals surface area (Å²) in [5, 5.41) is 0. The van der Waals surface area contributed by atoms with Crippen LogP contribution in [0.25, 0.3) is 0 Å². The van der Waals surface area contributed by atoms with Gasteiger partial charge in [-0.25, -0.2) is 8.42 Å². The molecule has 0 spiro atoms. The standard InChI is InChI=1S/C22H28N2O2S/c1-17-6-5-9-22(14-17)27(25,26)23(2)20-10-11-21(15-20)24-13-12-18-7-3-4-8-19(18)16-24/h3-9,14,20-21H,10-13,15-16H2,1-2H3/t20-,21-/m1/s1. The lowest BCUT2D eigenvalue weighted by Gasteiger charge is -2.34. The summed E-state index contributed by atoms with van der Waals surface area (Å²) in [5.74, 6) is 0. The van der Waals surface area contributed by atoms with Crippen molar-refractivity contribution in [2.75, 3.05) is 13.6 Å². The Balaban J connectivity index is 1.45. The molecule has 4 rings (SSSR count). The molecule has 144 valence electrons. The molecule has 0 N–H and O–H groups in total. The molecule has 2 atom stereocenters. The van der Waals surface area contributed by atoms with E-state index in [2.05, 4.69) is 29.2 Å². The molecule has 1 saturated carbocycles. The highest BCUT2D eigenvalue weighted by Crippen LogP contribution is 2.33.